The first kappa shape index (κ1) is 27.3. The van der Waals surface area contributed by atoms with Gasteiger partial charge in [0.25, 0.3) is 5.91 Å². The Hall–Kier alpha value is -2.92. The number of aromatic nitrogens is 2. The molecule has 5 heterocycles. The monoisotopic (exact) mass is 554 g/mol. The number of pyridine rings is 1. The van der Waals surface area contributed by atoms with Crippen molar-refractivity contribution in [2.24, 2.45) is 5.92 Å². The SMILES string of the molecule is Cc1nc(F)c2c(-c3ccc(F)cc3C(=O)N3CCOC[C@H]3C)cc(C3CN(C(CO)C4CCOCC4)C3)cn12. The quantitative estimate of drug-likeness (QED) is 0.502. The van der Waals surface area contributed by atoms with Gasteiger partial charge in [0.2, 0.25) is 5.95 Å². The summed E-state index contributed by atoms with van der Waals surface area (Å²) in [4.78, 5) is 21.8. The van der Waals surface area contributed by atoms with Crippen LogP contribution in [0, 0.1) is 24.6 Å². The van der Waals surface area contributed by atoms with Crippen LogP contribution in [-0.2, 0) is 9.47 Å². The van der Waals surface area contributed by atoms with E-state index in [9.17, 15) is 14.3 Å². The first-order chi connectivity index (χ1) is 19.4. The lowest BCUT2D eigenvalue weighted by atomic mass is 9.84. The number of nitrogens with zero attached hydrogens (tertiary/aromatic N) is 4. The lowest BCUT2D eigenvalue weighted by Gasteiger charge is -2.47. The zero-order chi connectivity index (χ0) is 28.0. The second kappa shape index (κ2) is 11.2. The van der Waals surface area contributed by atoms with Crippen LogP contribution in [-0.4, -0.2) is 95.0 Å². The summed E-state index contributed by atoms with van der Waals surface area (Å²) in [5.74, 6) is -0.389. The average molecular weight is 555 g/mol. The van der Waals surface area contributed by atoms with Gasteiger partial charge >= 0.3 is 0 Å². The van der Waals surface area contributed by atoms with E-state index in [1.807, 2.05) is 19.2 Å². The predicted molar refractivity (Wildman–Crippen MR) is 145 cm³/mol. The summed E-state index contributed by atoms with van der Waals surface area (Å²) < 4.78 is 42.5. The van der Waals surface area contributed by atoms with Gasteiger partial charge in [-0.3, -0.25) is 9.69 Å². The third-order valence-corrected chi connectivity index (χ3v) is 8.87. The number of hydrogen-bond acceptors (Lipinski definition) is 6. The highest BCUT2D eigenvalue weighted by Crippen LogP contribution is 2.38. The molecule has 3 saturated heterocycles. The van der Waals surface area contributed by atoms with Gasteiger partial charge in [0.1, 0.15) is 17.2 Å². The van der Waals surface area contributed by atoms with Crippen LogP contribution in [0.4, 0.5) is 8.78 Å². The maximum absolute atomic E-state index is 15.3. The molecule has 0 spiro atoms. The van der Waals surface area contributed by atoms with Gasteiger partial charge in [-0.25, -0.2) is 9.37 Å². The van der Waals surface area contributed by atoms with Crippen molar-refractivity contribution in [2.75, 3.05) is 52.7 Å². The Morgan fingerprint density at radius 3 is 2.62 bits per heavy atom. The number of hydrogen-bond donors (Lipinski definition) is 1. The van der Waals surface area contributed by atoms with Gasteiger partial charge in [0, 0.05) is 56.6 Å². The van der Waals surface area contributed by atoms with Gasteiger partial charge in [-0.1, -0.05) is 6.07 Å². The summed E-state index contributed by atoms with van der Waals surface area (Å²) in [6.07, 6.45) is 3.81. The number of benzene rings is 1. The normalized spacial score (nSPS) is 22.0. The Morgan fingerprint density at radius 1 is 1.12 bits per heavy atom. The fourth-order valence-corrected chi connectivity index (χ4v) is 6.53. The maximum atomic E-state index is 15.3. The molecular weight excluding hydrogens is 518 g/mol. The summed E-state index contributed by atoms with van der Waals surface area (Å²) in [7, 11) is 0. The summed E-state index contributed by atoms with van der Waals surface area (Å²) in [6.45, 7) is 7.97. The number of aliphatic hydroxyl groups excluding tert-OH is 1. The molecule has 1 aromatic carbocycles. The number of carbonyl (C=O) groups excluding carboxylic acids is 1. The molecule has 40 heavy (non-hydrogen) atoms. The summed E-state index contributed by atoms with van der Waals surface area (Å²) in [5.41, 5.74) is 2.44. The van der Waals surface area contributed by atoms with Crippen LogP contribution < -0.4 is 0 Å². The molecule has 0 bridgehead atoms. The molecule has 2 atom stereocenters. The number of likely N-dealkylation sites (tertiary alicyclic amines) is 1. The molecule has 3 fully saturated rings. The Morgan fingerprint density at radius 2 is 1.90 bits per heavy atom. The number of imidazole rings is 1. The molecule has 8 nitrogen and oxygen atoms in total. The topological polar surface area (TPSA) is 79.5 Å². The van der Waals surface area contributed by atoms with Crippen molar-refractivity contribution < 1.29 is 28.2 Å². The van der Waals surface area contributed by atoms with E-state index in [2.05, 4.69) is 9.88 Å². The highest BCUT2D eigenvalue weighted by atomic mass is 19.1. The molecule has 10 heteroatoms. The first-order valence-electron chi connectivity index (χ1n) is 14.1. The molecule has 2 aromatic heterocycles. The van der Waals surface area contributed by atoms with Crippen LogP contribution >= 0.6 is 0 Å². The van der Waals surface area contributed by atoms with Crippen molar-refractivity contribution in [2.45, 2.75) is 44.7 Å². The number of aryl methyl sites for hydroxylation is 1. The Balaban J connectivity index is 1.37. The molecule has 3 aromatic rings. The van der Waals surface area contributed by atoms with Crippen molar-refractivity contribution in [3.63, 3.8) is 0 Å². The van der Waals surface area contributed by atoms with Crippen LogP contribution in [0.15, 0.2) is 30.5 Å². The van der Waals surface area contributed by atoms with Crippen LogP contribution in [0.1, 0.15) is 47.4 Å². The van der Waals surface area contributed by atoms with Gasteiger partial charge in [-0.05, 0) is 61.9 Å². The smallest absolute Gasteiger partial charge is 0.254 e. The molecule has 1 amide bonds. The van der Waals surface area contributed by atoms with Gasteiger partial charge in [0.05, 0.1) is 31.4 Å². The summed E-state index contributed by atoms with van der Waals surface area (Å²) in [6, 6.07) is 5.98. The van der Waals surface area contributed by atoms with Gasteiger partial charge in [-0.15, -0.1) is 0 Å². The van der Waals surface area contributed by atoms with Crippen molar-refractivity contribution in [1.82, 2.24) is 19.2 Å². The second-order valence-corrected chi connectivity index (χ2v) is 11.3. The number of halogens is 2. The van der Waals surface area contributed by atoms with Gasteiger partial charge in [0.15, 0.2) is 0 Å². The van der Waals surface area contributed by atoms with Gasteiger partial charge < -0.3 is 23.9 Å². The highest BCUT2D eigenvalue weighted by Gasteiger charge is 2.38. The largest absolute Gasteiger partial charge is 0.395 e. The molecule has 1 unspecified atom stereocenters. The zero-order valence-corrected chi connectivity index (χ0v) is 23.0. The lowest BCUT2D eigenvalue weighted by Crippen LogP contribution is -2.55. The number of carbonyl (C=O) groups is 1. The molecule has 0 saturated carbocycles. The summed E-state index contributed by atoms with van der Waals surface area (Å²) >= 11 is 0. The van der Waals surface area contributed by atoms with E-state index in [-0.39, 0.29) is 41.6 Å². The first-order valence-corrected chi connectivity index (χ1v) is 14.1. The number of morpholine rings is 1. The van der Waals surface area contributed by atoms with E-state index in [1.165, 1.54) is 12.1 Å². The number of amides is 1. The minimum absolute atomic E-state index is 0.0904. The third kappa shape index (κ3) is 4.91. The number of fused-ring (bicyclic) bond motifs is 1. The minimum atomic E-state index is -0.628. The Kier molecular flexibility index (Phi) is 7.60. The van der Waals surface area contributed by atoms with Crippen LogP contribution in [0.3, 0.4) is 0 Å². The van der Waals surface area contributed by atoms with Crippen LogP contribution in [0.25, 0.3) is 16.6 Å². The van der Waals surface area contributed by atoms with Crippen molar-refractivity contribution in [1.29, 1.82) is 0 Å². The van der Waals surface area contributed by atoms with Crippen LogP contribution in [0.5, 0.6) is 0 Å². The second-order valence-electron chi connectivity index (χ2n) is 11.3. The average Bonchev–Trinajstić information content (AvgIpc) is 3.23. The van der Waals surface area contributed by atoms with Crippen molar-refractivity contribution >= 4 is 11.4 Å². The van der Waals surface area contributed by atoms with Crippen molar-refractivity contribution in [3.05, 3.63) is 59.2 Å². The molecule has 3 aliphatic rings. The number of aliphatic hydroxyl groups is 1. The third-order valence-electron chi connectivity index (χ3n) is 8.87. The maximum Gasteiger partial charge on any atom is 0.254 e. The Labute approximate surface area is 232 Å². The molecule has 0 radical (unpaired) electrons. The fraction of sp³-hybridized carbons (Fsp3) is 0.533. The van der Waals surface area contributed by atoms with E-state index in [4.69, 9.17) is 9.47 Å². The molecule has 6 rings (SSSR count). The number of ether oxygens (including phenoxy) is 2. The fourth-order valence-electron chi connectivity index (χ4n) is 6.53. The molecule has 0 aliphatic carbocycles. The van der Waals surface area contributed by atoms with E-state index in [1.54, 1.807) is 22.3 Å². The van der Waals surface area contributed by atoms with E-state index < -0.39 is 11.8 Å². The lowest BCUT2D eigenvalue weighted by molar-refractivity contribution is -0.0220. The molecular formula is C30H36F2N4O4. The van der Waals surface area contributed by atoms with E-state index >= 15 is 4.39 Å². The number of rotatable bonds is 6. The highest BCUT2D eigenvalue weighted by molar-refractivity contribution is 6.03. The standard InChI is InChI=1S/C30H36F2N4O4/c1-18-17-40-10-7-35(18)30(38)26-12-23(31)3-4-24(26)25-11-21(15-36-19(2)33-29(32)28(25)36)22-13-34(14-22)27(16-37)20-5-8-39-9-6-20/h3-4,11-12,15,18,20,22,27,37H,5-10,13-14,16-17H2,1-2H3/t18-,27?/m1/s1. The van der Waals surface area contributed by atoms with E-state index in [0.717, 1.165) is 44.7 Å². The molecule has 3 aliphatic heterocycles. The zero-order valence-electron chi connectivity index (χ0n) is 23.0. The van der Waals surface area contributed by atoms with Crippen LogP contribution in [0.2, 0.25) is 0 Å². The van der Waals surface area contributed by atoms with Gasteiger partial charge in [-0.2, -0.15) is 4.39 Å². The minimum Gasteiger partial charge on any atom is -0.395 e. The molecule has 214 valence electrons. The molecule has 1 N–H and O–H groups in total. The Bertz CT molecular complexity index is 1400. The predicted octanol–water partition coefficient (Wildman–Crippen LogP) is 3.64. The van der Waals surface area contributed by atoms with Crippen molar-refractivity contribution in [3.8, 4) is 11.1 Å². The summed E-state index contributed by atoms with van der Waals surface area (Å²) in [5, 5.41) is 10.2. The van der Waals surface area contributed by atoms with E-state index in [0.29, 0.717) is 42.6 Å².